The quantitative estimate of drug-likeness (QED) is 0.174. The Balaban J connectivity index is 1.26. The first-order valence-electron chi connectivity index (χ1n) is 14.1. The molecular weight excluding hydrogens is 512 g/mol. The molecule has 4 atom stereocenters. The van der Waals surface area contributed by atoms with Gasteiger partial charge in [0.05, 0.1) is 26.4 Å². The highest BCUT2D eigenvalue weighted by molar-refractivity contribution is 5.83. The van der Waals surface area contributed by atoms with Crippen LogP contribution in [0.5, 0.6) is 5.75 Å². The molecule has 1 aliphatic rings. The molecular formula is C36H34O5. The van der Waals surface area contributed by atoms with Gasteiger partial charge in [-0.1, -0.05) is 121 Å². The Hall–Kier alpha value is -4.00. The molecule has 5 nitrogen and oxygen atoms in total. The summed E-state index contributed by atoms with van der Waals surface area (Å²) in [5.74, 6) is 0.715. The smallest absolute Gasteiger partial charge is 0.229 e. The third-order valence-electron chi connectivity index (χ3n) is 7.23. The van der Waals surface area contributed by atoms with E-state index in [1.165, 1.54) is 0 Å². The van der Waals surface area contributed by atoms with E-state index in [1.807, 2.05) is 91.0 Å². The second-order valence-corrected chi connectivity index (χ2v) is 10.2. The van der Waals surface area contributed by atoms with Crippen LogP contribution >= 0.6 is 0 Å². The molecule has 5 aromatic rings. The highest BCUT2D eigenvalue weighted by atomic mass is 16.7. The average molecular weight is 547 g/mol. The Kier molecular flexibility index (Phi) is 9.00. The number of benzene rings is 5. The lowest BCUT2D eigenvalue weighted by Crippen LogP contribution is -2.57. The molecule has 6 rings (SSSR count). The molecule has 2 unspecified atom stereocenters. The van der Waals surface area contributed by atoms with Crippen LogP contribution in [0.25, 0.3) is 10.8 Å². The molecule has 0 amide bonds. The van der Waals surface area contributed by atoms with Crippen LogP contribution in [0.3, 0.4) is 0 Å². The predicted molar refractivity (Wildman–Crippen MR) is 159 cm³/mol. The van der Waals surface area contributed by atoms with Gasteiger partial charge in [0.25, 0.3) is 0 Å². The van der Waals surface area contributed by atoms with E-state index >= 15 is 0 Å². The van der Waals surface area contributed by atoms with Crippen LogP contribution < -0.4 is 4.74 Å². The maximum Gasteiger partial charge on any atom is 0.229 e. The number of hydrogen-bond donors (Lipinski definition) is 0. The van der Waals surface area contributed by atoms with Gasteiger partial charge in [-0.15, -0.1) is 0 Å². The second kappa shape index (κ2) is 13.6. The van der Waals surface area contributed by atoms with Gasteiger partial charge in [-0.25, -0.2) is 0 Å². The van der Waals surface area contributed by atoms with Gasteiger partial charge < -0.3 is 23.7 Å². The Morgan fingerprint density at radius 3 is 1.63 bits per heavy atom. The highest BCUT2D eigenvalue weighted by Crippen LogP contribution is 2.30. The molecule has 0 radical (unpaired) electrons. The van der Waals surface area contributed by atoms with Crippen molar-refractivity contribution < 1.29 is 23.7 Å². The van der Waals surface area contributed by atoms with Crippen molar-refractivity contribution in [2.75, 3.05) is 6.61 Å². The van der Waals surface area contributed by atoms with Crippen molar-refractivity contribution in [3.63, 3.8) is 0 Å². The fraction of sp³-hybridized carbons (Fsp3) is 0.222. The number of ether oxygens (including phenoxy) is 5. The van der Waals surface area contributed by atoms with Gasteiger partial charge >= 0.3 is 0 Å². The van der Waals surface area contributed by atoms with Crippen molar-refractivity contribution in [3.05, 3.63) is 150 Å². The van der Waals surface area contributed by atoms with Gasteiger partial charge in [-0.3, -0.25) is 0 Å². The molecule has 0 spiro atoms. The Bertz CT molecular complexity index is 1490. The monoisotopic (exact) mass is 546 g/mol. The average Bonchev–Trinajstić information content (AvgIpc) is 3.04. The standard InChI is InChI=1S/C36H34O5/c1-4-12-27(13-5-1)23-37-33-26-40-36(41-32-21-20-30-18-10-11-19-31(30)22-32)35(39-25-29-16-8-3-9-17-29)34(33)38-24-28-14-6-2-7-15-28/h1-22,33-36H,23-26H2/t33-,34?,35?,36+/m1/s1. The minimum absolute atomic E-state index is 0.315. The van der Waals surface area contributed by atoms with E-state index in [-0.39, 0.29) is 6.10 Å². The van der Waals surface area contributed by atoms with Gasteiger partial charge in [0.2, 0.25) is 6.29 Å². The van der Waals surface area contributed by atoms with Crippen LogP contribution in [0.2, 0.25) is 0 Å². The number of fused-ring (bicyclic) bond motifs is 1. The fourth-order valence-electron chi connectivity index (χ4n) is 5.05. The molecule has 0 bridgehead atoms. The summed E-state index contributed by atoms with van der Waals surface area (Å²) in [6.45, 7) is 1.57. The van der Waals surface area contributed by atoms with Crippen molar-refractivity contribution in [2.45, 2.75) is 44.4 Å². The van der Waals surface area contributed by atoms with E-state index in [9.17, 15) is 0 Å². The van der Waals surface area contributed by atoms with Crippen LogP contribution in [0, 0.1) is 0 Å². The van der Waals surface area contributed by atoms with Crippen LogP contribution in [0.4, 0.5) is 0 Å². The highest BCUT2D eigenvalue weighted by Gasteiger charge is 2.44. The van der Waals surface area contributed by atoms with Crippen LogP contribution in [-0.4, -0.2) is 31.2 Å². The zero-order valence-corrected chi connectivity index (χ0v) is 22.9. The lowest BCUT2D eigenvalue weighted by atomic mass is 10.0. The minimum atomic E-state index is -0.683. The summed E-state index contributed by atoms with van der Waals surface area (Å²) in [4.78, 5) is 0. The van der Waals surface area contributed by atoms with Gasteiger partial charge in [0.15, 0.2) is 0 Å². The van der Waals surface area contributed by atoms with E-state index in [4.69, 9.17) is 23.7 Å². The number of hydrogen-bond acceptors (Lipinski definition) is 5. The first-order valence-corrected chi connectivity index (χ1v) is 14.1. The van der Waals surface area contributed by atoms with E-state index in [2.05, 4.69) is 42.5 Å². The molecule has 1 aliphatic heterocycles. The van der Waals surface area contributed by atoms with Crippen molar-refractivity contribution in [3.8, 4) is 5.75 Å². The summed E-state index contributed by atoms with van der Waals surface area (Å²) in [5.41, 5.74) is 3.23. The molecule has 0 aromatic heterocycles. The molecule has 1 saturated heterocycles. The van der Waals surface area contributed by atoms with E-state index in [0.717, 1.165) is 27.5 Å². The minimum Gasteiger partial charge on any atom is -0.462 e. The molecule has 0 saturated carbocycles. The zero-order valence-electron chi connectivity index (χ0n) is 22.9. The molecule has 5 aromatic carbocycles. The summed E-state index contributed by atoms with van der Waals surface area (Å²) in [5, 5.41) is 2.25. The second-order valence-electron chi connectivity index (χ2n) is 10.2. The Morgan fingerprint density at radius 2 is 1.02 bits per heavy atom. The lowest BCUT2D eigenvalue weighted by Gasteiger charge is -2.41. The van der Waals surface area contributed by atoms with Crippen LogP contribution in [0.1, 0.15) is 16.7 Å². The molecule has 0 N–H and O–H groups in total. The SMILES string of the molecule is c1ccc(COC2C(OCc3ccccc3)[C@H](OCc3ccccc3)CO[C@H]2Oc2ccc3ccccc3c2)cc1. The summed E-state index contributed by atoms with van der Waals surface area (Å²) in [6, 6.07) is 44.7. The summed E-state index contributed by atoms with van der Waals surface area (Å²) in [7, 11) is 0. The first kappa shape index (κ1) is 27.2. The van der Waals surface area contributed by atoms with Gasteiger partial charge in [-0.2, -0.15) is 0 Å². The summed E-state index contributed by atoms with van der Waals surface area (Å²) >= 11 is 0. The topological polar surface area (TPSA) is 46.2 Å². The molecule has 1 heterocycles. The first-order chi connectivity index (χ1) is 20.3. The molecule has 208 valence electrons. The number of rotatable bonds is 11. The van der Waals surface area contributed by atoms with Gasteiger partial charge in [0.1, 0.15) is 24.1 Å². The van der Waals surface area contributed by atoms with Crippen LogP contribution in [-0.2, 0) is 38.8 Å². The van der Waals surface area contributed by atoms with Crippen molar-refractivity contribution in [1.82, 2.24) is 0 Å². The third kappa shape index (κ3) is 7.20. The lowest BCUT2D eigenvalue weighted by molar-refractivity contribution is -0.278. The van der Waals surface area contributed by atoms with E-state index < -0.39 is 18.5 Å². The molecule has 1 fully saturated rings. The van der Waals surface area contributed by atoms with E-state index in [1.54, 1.807) is 0 Å². The zero-order chi connectivity index (χ0) is 27.7. The molecule has 41 heavy (non-hydrogen) atoms. The van der Waals surface area contributed by atoms with E-state index in [0.29, 0.717) is 32.2 Å². The predicted octanol–water partition coefficient (Wildman–Crippen LogP) is 7.33. The maximum atomic E-state index is 6.60. The largest absolute Gasteiger partial charge is 0.462 e. The van der Waals surface area contributed by atoms with Crippen LogP contribution in [0.15, 0.2) is 133 Å². The Labute approximate surface area is 241 Å². The Morgan fingerprint density at radius 1 is 0.512 bits per heavy atom. The summed E-state index contributed by atoms with van der Waals surface area (Å²) < 4.78 is 32.4. The molecule has 0 aliphatic carbocycles. The summed E-state index contributed by atoms with van der Waals surface area (Å²) in [6.07, 6.45) is -2.00. The third-order valence-corrected chi connectivity index (χ3v) is 7.23. The fourth-order valence-corrected chi connectivity index (χ4v) is 5.05. The maximum absolute atomic E-state index is 6.60. The van der Waals surface area contributed by atoms with Crippen molar-refractivity contribution >= 4 is 10.8 Å². The molecule has 5 heteroatoms. The van der Waals surface area contributed by atoms with Crippen molar-refractivity contribution in [2.24, 2.45) is 0 Å². The van der Waals surface area contributed by atoms with Gasteiger partial charge in [0, 0.05) is 0 Å². The van der Waals surface area contributed by atoms with Gasteiger partial charge in [-0.05, 0) is 39.6 Å². The normalized spacial score (nSPS) is 20.6. The van der Waals surface area contributed by atoms with Crippen molar-refractivity contribution in [1.29, 1.82) is 0 Å².